The highest BCUT2D eigenvalue weighted by Gasteiger charge is 2.48. The Morgan fingerprint density at radius 3 is 2.86 bits per heavy atom. The molecule has 0 atom stereocenters. The summed E-state index contributed by atoms with van der Waals surface area (Å²) in [5.74, 6) is 1.07. The van der Waals surface area contributed by atoms with Gasteiger partial charge in [-0.05, 0) is 30.6 Å². The van der Waals surface area contributed by atoms with Gasteiger partial charge < -0.3 is 4.90 Å². The molecule has 1 amide bonds. The molecule has 0 bridgehead atoms. The van der Waals surface area contributed by atoms with Crippen LogP contribution in [-0.2, 0) is 4.79 Å². The van der Waals surface area contributed by atoms with Crippen LogP contribution in [0.3, 0.4) is 0 Å². The van der Waals surface area contributed by atoms with E-state index in [1.165, 1.54) is 19.3 Å². The first-order valence-electron chi connectivity index (χ1n) is 5.09. The van der Waals surface area contributed by atoms with Crippen molar-refractivity contribution in [3.05, 3.63) is 0 Å². The van der Waals surface area contributed by atoms with Crippen LogP contribution in [0.4, 0.5) is 0 Å². The predicted octanol–water partition coefficient (Wildman–Crippen LogP) is 2.25. The number of hydrogen-bond acceptors (Lipinski definition) is 1. The van der Waals surface area contributed by atoms with E-state index < -0.39 is 0 Å². The lowest BCUT2D eigenvalue weighted by Gasteiger charge is -2.44. The second kappa shape index (κ2) is 4.01. The predicted molar refractivity (Wildman–Crippen MR) is 60.9 cm³/mol. The van der Waals surface area contributed by atoms with Crippen molar-refractivity contribution in [2.24, 2.45) is 11.3 Å². The van der Waals surface area contributed by atoms with Crippen LogP contribution in [0.2, 0.25) is 0 Å². The number of carbonyl (C=O) groups is 1. The highest BCUT2D eigenvalue weighted by atomic mass is 79.9. The maximum atomic E-state index is 11.4. The van der Waals surface area contributed by atoms with Gasteiger partial charge in [0.2, 0.25) is 5.91 Å². The Balaban J connectivity index is 1.87. The van der Waals surface area contributed by atoms with Gasteiger partial charge in [0.15, 0.2) is 0 Å². The van der Waals surface area contributed by atoms with Crippen molar-refractivity contribution in [1.29, 1.82) is 0 Å². The number of rotatable bonds is 2. The zero-order chi connectivity index (χ0) is 10.2. The number of hydrogen-bond donors (Lipinski definition) is 0. The Bertz CT molecular complexity index is 240. The van der Waals surface area contributed by atoms with E-state index >= 15 is 0 Å². The van der Waals surface area contributed by atoms with Gasteiger partial charge in [0.05, 0.1) is 0 Å². The molecule has 2 fully saturated rings. The van der Waals surface area contributed by atoms with Crippen LogP contribution < -0.4 is 0 Å². The number of carbonyl (C=O) groups excluding carboxylic acids is 1. The van der Waals surface area contributed by atoms with Crippen LogP contribution in [0.5, 0.6) is 0 Å². The Labute approximate surface area is 98.1 Å². The molecule has 2 rings (SSSR count). The number of halogens is 2. The molecule has 0 N–H and O–H groups in total. The molecule has 1 heterocycles. The van der Waals surface area contributed by atoms with E-state index in [0.717, 1.165) is 24.3 Å². The fourth-order valence-electron chi connectivity index (χ4n) is 2.84. The Morgan fingerprint density at radius 2 is 2.29 bits per heavy atom. The van der Waals surface area contributed by atoms with Crippen LogP contribution >= 0.6 is 27.5 Å². The molecule has 2 nitrogen and oxygen atoms in total. The fraction of sp³-hybridized carbons (Fsp3) is 0.900. The molecule has 2 aliphatic rings. The lowest BCUT2D eigenvalue weighted by molar-refractivity contribution is -0.128. The summed E-state index contributed by atoms with van der Waals surface area (Å²) in [6.07, 6.45) is 3.74. The van der Waals surface area contributed by atoms with Crippen molar-refractivity contribution in [3.63, 3.8) is 0 Å². The summed E-state index contributed by atoms with van der Waals surface area (Å²) in [6, 6.07) is 0. The third kappa shape index (κ3) is 1.81. The molecule has 1 spiro atoms. The average molecular weight is 281 g/mol. The van der Waals surface area contributed by atoms with Gasteiger partial charge >= 0.3 is 0 Å². The first-order chi connectivity index (χ1) is 6.69. The Morgan fingerprint density at radius 1 is 1.57 bits per heavy atom. The molecule has 0 radical (unpaired) electrons. The van der Waals surface area contributed by atoms with Gasteiger partial charge in [-0.1, -0.05) is 15.9 Å². The van der Waals surface area contributed by atoms with Gasteiger partial charge in [-0.2, -0.15) is 0 Å². The summed E-state index contributed by atoms with van der Waals surface area (Å²) >= 11 is 9.06. The van der Waals surface area contributed by atoms with Crippen LogP contribution in [-0.4, -0.2) is 35.1 Å². The summed E-state index contributed by atoms with van der Waals surface area (Å²) < 4.78 is 0. The van der Waals surface area contributed by atoms with Crippen LogP contribution in [0.15, 0.2) is 0 Å². The quantitative estimate of drug-likeness (QED) is 0.711. The number of nitrogens with zero attached hydrogens (tertiary/aromatic N) is 1. The van der Waals surface area contributed by atoms with Crippen molar-refractivity contribution in [1.82, 2.24) is 4.90 Å². The molecular formula is C10H15BrClNO. The van der Waals surface area contributed by atoms with E-state index in [4.69, 9.17) is 11.6 Å². The van der Waals surface area contributed by atoms with Crippen LogP contribution in [0, 0.1) is 11.3 Å². The minimum absolute atomic E-state index is 0.103. The molecule has 0 aromatic rings. The van der Waals surface area contributed by atoms with E-state index in [-0.39, 0.29) is 11.8 Å². The van der Waals surface area contributed by atoms with Crippen molar-refractivity contribution in [2.75, 3.05) is 24.3 Å². The molecule has 1 saturated carbocycles. The first kappa shape index (κ1) is 10.7. The third-order valence-electron chi connectivity index (χ3n) is 3.57. The molecule has 80 valence electrons. The van der Waals surface area contributed by atoms with Crippen LogP contribution in [0.25, 0.3) is 0 Å². The van der Waals surface area contributed by atoms with E-state index in [0.29, 0.717) is 5.41 Å². The zero-order valence-electron chi connectivity index (χ0n) is 8.14. The van der Waals surface area contributed by atoms with Gasteiger partial charge in [-0.25, -0.2) is 0 Å². The number of likely N-dealkylation sites (tertiary alicyclic amines) is 1. The van der Waals surface area contributed by atoms with Gasteiger partial charge in [0, 0.05) is 18.4 Å². The highest BCUT2D eigenvalue weighted by Crippen LogP contribution is 2.52. The van der Waals surface area contributed by atoms with Crippen molar-refractivity contribution in [3.8, 4) is 0 Å². The zero-order valence-corrected chi connectivity index (χ0v) is 10.5. The lowest BCUT2D eigenvalue weighted by atomic mass is 9.62. The maximum Gasteiger partial charge on any atom is 0.237 e. The highest BCUT2D eigenvalue weighted by molar-refractivity contribution is 9.09. The standard InChI is InChI=1S/C10H15BrClNO/c11-5-8-3-10(4-8)1-2-13(7-10)9(14)6-12/h8H,1-7H2. The maximum absolute atomic E-state index is 11.4. The monoisotopic (exact) mass is 279 g/mol. The fourth-order valence-corrected chi connectivity index (χ4v) is 3.47. The van der Waals surface area contributed by atoms with Crippen molar-refractivity contribution in [2.45, 2.75) is 19.3 Å². The van der Waals surface area contributed by atoms with Gasteiger partial charge in [-0.15, -0.1) is 11.6 Å². The first-order valence-corrected chi connectivity index (χ1v) is 6.74. The molecule has 1 aliphatic carbocycles. The normalized spacial score (nSPS) is 36.1. The minimum Gasteiger partial charge on any atom is -0.341 e. The van der Waals surface area contributed by atoms with Gasteiger partial charge in [0.25, 0.3) is 0 Å². The molecule has 4 heteroatoms. The molecule has 1 saturated heterocycles. The summed E-state index contributed by atoms with van der Waals surface area (Å²) in [5.41, 5.74) is 0.458. The number of alkyl halides is 2. The second-order valence-corrected chi connectivity index (χ2v) is 5.54. The van der Waals surface area contributed by atoms with E-state index in [1.807, 2.05) is 4.90 Å². The largest absolute Gasteiger partial charge is 0.341 e. The van der Waals surface area contributed by atoms with Gasteiger partial charge in [-0.3, -0.25) is 4.79 Å². The molecule has 0 unspecified atom stereocenters. The van der Waals surface area contributed by atoms with E-state index in [2.05, 4.69) is 15.9 Å². The second-order valence-electron chi connectivity index (χ2n) is 4.63. The van der Waals surface area contributed by atoms with Gasteiger partial charge in [0.1, 0.15) is 5.88 Å². The minimum atomic E-state index is 0.103. The topological polar surface area (TPSA) is 20.3 Å². The van der Waals surface area contributed by atoms with Crippen molar-refractivity contribution < 1.29 is 4.79 Å². The third-order valence-corrected chi connectivity index (χ3v) is 4.71. The molecule has 0 aromatic heterocycles. The summed E-state index contributed by atoms with van der Waals surface area (Å²) in [4.78, 5) is 13.3. The summed E-state index contributed by atoms with van der Waals surface area (Å²) in [5, 5.41) is 1.11. The smallest absolute Gasteiger partial charge is 0.237 e. The van der Waals surface area contributed by atoms with Crippen molar-refractivity contribution >= 4 is 33.4 Å². The summed E-state index contributed by atoms with van der Waals surface area (Å²) in [7, 11) is 0. The number of amides is 1. The van der Waals surface area contributed by atoms with E-state index in [1.54, 1.807) is 0 Å². The lowest BCUT2D eigenvalue weighted by Crippen LogP contribution is -2.41. The Kier molecular flexibility index (Phi) is 3.08. The molecule has 1 aliphatic heterocycles. The molecule has 14 heavy (non-hydrogen) atoms. The summed E-state index contributed by atoms with van der Waals surface area (Å²) in [6.45, 7) is 1.86. The SMILES string of the molecule is O=C(CCl)N1CCC2(CC(CBr)C2)C1. The van der Waals surface area contributed by atoms with E-state index in [9.17, 15) is 4.79 Å². The van der Waals surface area contributed by atoms with Crippen LogP contribution in [0.1, 0.15) is 19.3 Å². The average Bonchev–Trinajstić information content (AvgIpc) is 2.58. The molecular weight excluding hydrogens is 265 g/mol. The Hall–Kier alpha value is 0.240. The molecule has 0 aromatic carbocycles.